The summed E-state index contributed by atoms with van der Waals surface area (Å²) < 4.78 is 13.5. The molecular weight excluding hydrogens is 320 g/mol. The minimum Gasteiger partial charge on any atom is -0.448 e. The van der Waals surface area contributed by atoms with Crippen LogP contribution in [0.1, 0.15) is 42.5 Å². The number of carbonyl (C=O) groups is 1. The van der Waals surface area contributed by atoms with Gasteiger partial charge in [-0.2, -0.15) is 0 Å². The average molecular weight is 340 g/mol. The number of pyridine rings is 1. The lowest BCUT2D eigenvalue weighted by atomic mass is 9.94. The minimum absolute atomic E-state index is 0.224. The zero-order chi connectivity index (χ0) is 17.4. The highest BCUT2D eigenvalue weighted by Gasteiger charge is 2.42. The van der Waals surface area contributed by atoms with E-state index in [0.29, 0.717) is 22.7 Å². The van der Waals surface area contributed by atoms with Crippen LogP contribution in [0.15, 0.2) is 41.3 Å². The molecule has 1 aliphatic heterocycles. The Bertz CT molecular complexity index is 881. The zero-order valence-electron chi connectivity index (χ0n) is 14.1. The molecule has 1 amide bonds. The van der Waals surface area contributed by atoms with E-state index in [9.17, 15) is 9.59 Å². The molecule has 1 aliphatic carbocycles. The van der Waals surface area contributed by atoms with Crippen molar-refractivity contribution < 1.29 is 14.3 Å². The second kappa shape index (κ2) is 5.95. The third-order valence-corrected chi connectivity index (χ3v) is 4.78. The number of hydrogen-bond donors (Lipinski definition) is 1. The van der Waals surface area contributed by atoms with E-state index in [0.717, 1.165) is 25.7 Å². The maximum Gasteiger partial charge on any atom is 0.255 e. The number of fused-ring (bicyclic) bond motifs is 1. The number of carbonyl (C=O) groups excluding carboxylic acids is 1. The summed E-state index contributed by atoms with van der Waals surface area (Å²) >= 11 is 0. The maximum absolute atomic E-state index is 12.3. The molecule has 0 bridgehead atoms. The first-order valence-corrected chi connectivity index (χ1v) is 8.55. The number of benzene rings is 1. The van der Waals surface area contributed by atoms with Crippen molar-refractivity contribution in [1.82, 2.24) is 4.57 Å². The molecule has 0 radical (unpaired) electrons. The second-order valence-corrected chi connectivity index (χ2v) is 6.66. The number of hydrogen-bond acceptors (Lipinski definition) is 4. The lowest BCUT2D eigenvalue weighted by Crippen LogP contribution is -2.40. The van der Waals surface area contributed by atoms with Crippen LogP contribution in [0.3, 0.4) is 0 Å². The lowest BCUT2D eigenvalue weighted by molar-refractivity contribution is -0.105. The minimum atomic E-state index is -0.533. The third-order valence-electron chi connectivity index (χ3n) is 4.78. The Hall–Kier alpha value is -2.76. The van der Waals surface area contributed by atoms with E-state index in [4.69, 9.17) is 9.47 Å². The number of amides is 1. The summed E-state index contributed by atoms with van der Waals surface area (Å²) in [6, 6.07) is 8.30. The van der Waals surface area contributed by atoms with Gasteiger partial charge in [-0.3, -0.25) is 9.59 Å². The van der Waals surface area contributed by atoms with E-state index in [1.807, 2.05) is 6.07 Å². The van der Waals surface area contributed by atoms with Crippen molar-refractivity contribution >= 4 is 11.6 Å². The van der Waals surface area contributed by atoms with E-state index in [2.05, 4.69) is 5.32 Å². The molecule has 0 saturated heterocycles. The van der Waals surface area contributed by atoms with Crippen molar-refractivity contribution in [3.05, 3.63) is 52.4 Å². The standard InChI is InChI=1S/C19H20N2O4/c1-21-10-7-13(11-17(21)22)18(23)20-14-5-6-15-16(12-14)25-19(24-15)8-3-2-4-9-19/h5-7,10-12H,2-4,8-9H2,1H3,(H,20,23). The number of aromatic nitrogens is 1. The van der Waals surface area contributed by atoms with E-state index in [1.165, 1.54) is 17.1 Å². The largest absolute Gasteiger partial charge is 0.448 e. The van der Waals surface area contributed by atoms with Gasteiger partial charge in [0, 0.05) is 49.5 Å². The molecule has 2 heterocycles. The molecule has 6 heteroatoms. The van der Waals surface area contributed by atoms with E-state index in [1.54, 1.807) is 31.4 Å². The van der Waals surface area contributed by atoms with Gasteiger partial charge in [0.05, 0.1) is 0 Å². The van der Waals surface area contributed by atoms with Crippen LogP contribution in [0.5, 0.6) is 11.5 Å². The van der Waals surface area contributed by atoms with Crippen LogP contribution in [0.2, 0.25) is 0 Å². The molecule has 130 valence electrons. The summed E-state index contributed by atoms with van der Waals surface area (Å²) in [4.78, 5) is 24.0. The summed E-state index contributed by atoms with van der Waals surface area (Å²) in [6.07, 6.45) is 6.75. The maximum atomic E-state index is 12.3. The highest BCUT2D eigenvalue weighted by atomic mass is 16.7. The Balaban J connectivity index is 1.52. The predicted octanol–water partition coefficient (Wildman–Crippen LogP) is 3.07. The van der Waals surface area contributed by atoms with Gasteiger partial charge >= 0.3 is 0 Å². The molecule has 2 aromatic rings. The average Bonchev–Trinajstić information content (AvgIpc) is 2.94. The fourth-order valence-corrected chi connectivity index (χ4v) is 3.36. The first kappa shape index (κ1) is 15.7. The van der Waals surface area contributed by atoms with Crippen molar-refractivity contribution in [3.8, 4) is 11.5 Å². The molecule has 0 atom stereocenters. The van der Waals surface area contributed by atoms with E-state index >= 15 is 0 Å². The first-order valence-electron chi connectivity index (χ1n) is 8.55. The van der Waals surface area contributed by atoms with Crippen LogP contribution < -0.4 is 20.3 Å². The van der Waals surface area contributed by atoms with Gasteiger partial charge in [-0.05, 0) is 31.0 Å². The van der Waals surface area contributed by atoms with Crippen molar-refractivity contribution in [3.63, 3.8) is 0 Å². The van der Waals surface area contributed by atoms with Gasteiger partial charge in [-0.1, -0.05) is 6.42 Å². The molecule has 25 heavy (non-hydrogen) atoms. The van der Waals surface area contributed by atoms with Crippen LogP contribution in [0.25, 0.3) is 0 Å². The quantitative estimate of drug-likeness (QED) is 0.912. The number of ether oxygens (including phenoxy) is 2. The number of anilines is 1. The number of rotatable bonds is 2. The van der Waals surface area contributed by atoms with Crippen molar-refractivity contribution in [1.29, 1.82) is 0 Å². The highest BCUT2D eigenvalue weighted by molar-refractivity contribution is 6.04. The molecule has 1 saturated carbocycles. The molecule has 2 aliphatic rings. The van der Waals surface area contributed by atoms with Crippen molar-refractivity contribution in [2.24, 2.45) is 7.05 Å². The molecule has 6 nitrogen and oxygen atoms in total. The molecular formula is C19H20N2O4. The number of nitrogens with zero attached hydrogens (tertiary/aromatic N) is 1. The molecule has 1 spiro atoms. The molecule has 4 rings (SSSR count). The lowest BCUT2D eigenvalue weighted by Gasteiger charge is -2.31. The van der Waals surface area contributed by atoms with Crippen LogP contribution in [-0.2, 0) is 7.05 Å². The Morgan fingerprint density at radius 3 is 2.60 bits per heavy atom. The summed E-state index contributed by atoms with van der Waals surface area (Å²) in [5, 5.41) is 2.80. The fraction of sp³-hybridized carbons (Fsp3) is 0.368. The summed E-state index contributed by atoms with van der Waals surface area (Å²) in [5.41, 5.74) is 0.711. The third kappa shape index (κ3) is 2.99. The Kier molecular flexibility index (Phi) is 3.75. The SMILES string of the molecule is Cn1ccc(C(=O)Nc2ccc3c(c2)OC2(CCCCC2)O3)cc1=O. The van der Waals surface area contributed by atoms with Crippen LogP contribution in [0.4, 0.5) is 5.69 Å². The summed E-state index contributed by atoms with van der Waals surface area (Å²) in [7, 11) is 1.64. The molecule has 1 aromatic carbocycles. The molecule has 1 fully saturated rings. The zero-order valence-corrected chi connectivity index (χ0v) is 14.1. The smallest absolute Gasteiger partial charge is 0.255 e. The summed E-state index contributed by atoms with van der Waals surface area (Å²) in [5.74, 6) is 0.510. The summed E-state index contributed by atoms with van der Waals surface area (Å²) in [6.45, 7) is 0. The van der Waals surface area contributed by atoms with Gasteiger partial charge in [0.15, 0.2) is 11.5 Å². The molecule has 1 N–H and O–H groups in total. The second-order valence-electron chi connectivity index (χ2n) is 6.66. The van der Waals surface area contributed by atoms with Gasteiger partial charge in [0.1, 0.15) is 0 Å². The van der Waals surface area contributed by atoms with Gasteiger partial charge < -0.3 is 19.4 Å². The van der Waals surface area contributed by atoms with E-state index in [-0.39, 0.29) is 11.5 Å². The first-order chi connectivity index (χ1) is 12.0. The van der Waals surface area contributed by atoms with E-state index < -0.39 is 5.79 Å². The van der Waals surface area contributed by atoms with Crippen LogP contribution in [0, 0.1) is 0 Å². The number of nitrogens with one attached hydrogen (secondary N) is 1. The van der Waals surface area contributed by atoms with Gasteiger partial charge in [0.25, 0.3) is 17.3 Å². The Morgan fingerprint density at radius 2 is 1.84 bits per heavy atom. The van der Waals surface area contributed by atoms with Gasteiger partial charge in [-0.15, -0.1) is 0 Å². The highest BCUT2D eigenvalue weighted by Crippen LogP contribution is 2.46. The molecule has 1 aromatic heterocycles. The van der Waals surface area contributed by atoms with Crippen LogP contribution in [-0.4, -0.2) is 16.3 Å². The normalized spacial score (nSPS) is 17.5. The predicted molar refractivity (Wildman–Crippen MR) is 93.2 cm³/mol. The number of aryl methyl sites for hydroxylation is 1. The molecule has 0 unspecified atom stereocenters. The van der Waals surface area contributed by atoms with Gasteiger partial charge in [0.2, 0.25) is 0 Å². The van der Waals surface area contributed by atoms with Crippen LogP contribution >= 0.6 is 0 Å². The van der Waals surface area contributed by atoms with Crippen molar-refractivity contribution in [2.45, 2.75) is 37.9 Å². The fourth-order valence-electron chi connectivity index (χ4n) is 3.36. The Labute approximate surface area is 145 Å². The van der Waals surface area contributed by atoms with Gasteiger partial charge in [-0.25, -0.2) is 0 Å². The topological polar surface area (TPSA) is 69.6 Å². The Morgan fingerprint density at radius 1 is 1.08 bits per heavy atom. The van der Waals surface area contributed by atoms with Crippen molar-refractivity contribution in [2.75, 3.05) is 5.32 Å². The monoisotopic (exact) mass is 340 g/mol.